The molecule has 18 heavy (non-hydrogen) atoms. The van der Waals surface area contributed by atoms with Crippen molar-refractivity contribution in [2.45, 2.75) is 13.3 Å². The highest BCUT2D eigenvalue weighted by Gasteiger charge is 2.01. The van der Waals surface area contributed by atoms with E-state index < -0.39 is 5.97 Å². The summed E-state index contributed by atoms with van der Waals surface area (Å²) < 4.78 is 0. The van der Waals surface area contributed by atoms with Crippen molar-refractivity contribution in [3.63, 3.8) is 0 Å². The number of aromatic carboxylic acids is 1. The van der Waals surface area contributed by atoms with Gasteiger partial charge in [-0.05, 0) is 48.4 Å². The monoisotopic (exact) mass is 241 g/mol. The number of carbonyl (C=O) groups is 1. The van der Waals surface area contributed by atoms with Crippen LogP contribution in [0.4, 0.5) is 11.4 Å². The van der Waals surface area contributed by atoms with Crippen molar-refractivity contribution in [1.29, 1.82) is 0 Å². The van der Waals surface area contributed by atoms with Crippen LogP contribution in [0.15, 0.2) is 48.5 Å². The van der Waals surface area contributed by atoms with Crippen LogP contribution in [0.1, 0.15) is 22.8 Å². The number of rotatable bonds is 4. The summed E-state index contributed by atoms with van der Waals surface area (Å²) in [5.41, 5.74) is 3.45. The van der Waals surface area contributed by atoms with Gasteiger partial charge in [-0.25, -0.2) is 4.79 Å². The van der Waals surface area contributed by atoms with E-state index in [1.54, 1.807) is 24.3 Å². The van der Waals surface area contributed by atoms with E-state index in [2.05, 4.69) is 24.4 Å². The Labute approximate surface area is 106 Å². The van der Waals surface area contributed by atoms with Gasteiger partial charge in [0.2, 0.25) is 0 Å². The van der Waals surface area contributed by atoms with Gasteiger partial charge in [-0.3, -0.25) is 0 Å². The van der Waals surface area contributed by atoms with E-state index in [0.717, 1.165) is 17.8 Å². The SMILES string of the molecule is CCc1cccc(Nc2ccc(C(=O)O)cc2)c1. The van der Waals surface area contributed by atoms with Gasteiger partial charge in [-0.2, -0.15) is 0 Å². The second-order valence-electron chi connectivity index (χ2n) is 4.06. The molecule has 0 amide bonds. The topological polar surface area (TPSA) is 49.3 Å². The van der Waals surface area contributed by atoms with Gasteiger partial charge in [-0.1, -0.05) is 19.1 Å². The summed E-state index contributed by atoms with van der Waals surface area (Å²) in [5.74, 6) is -0.908. The number of nitrogens with one attached hydrogen (secondary N) is 1. The Bertz CT molecular complexity index is 547. The van der Waals surface area contributed by atoms with Crippen molar-refractivity contribution in [3.05, 3.63) is 59.7 Å². The first-order valence-electron chi connectivity index (χ1n) is 5.88. The third-order valence-electron chi connectivity index (χ3n) is 2.76. The van der Waals surface area contributed by atoms with Crippen molar-refractivity contribution in [1.82, 2.24) is 0 Å². The molecule has 0 aliphatic heterocycles. The number of benzene rings is 2. The molecule has 2 rings (SSSR count). The van der Waals surface area contributed by atoms with Crippen LogP contribution in [0.3, 0.4) is 0 Å². The highest BCUT2D eigenvalue weighted by molar-refractivity contribution is 5.88. The molecule has 0 heterocycles. The van der Waals surface area contributed by atoms with Crippen LogP contribution in [0, 0.1) is 0 Å². The highest BCUT2D eigenvalue weighted by Crippen LogP contribution is 2.18. The lowest BCUT2D eigenvalue weighted by Crippen LogP contribution is -1.96. The molecule has 0 saturated heterocycles. The Morgan fingerprint density at radius 1 is 1.11 bits per heavy atom. The summed E-state index contributed by atoms with van der Waals surface area (Å²) in [7, 11) is 0. The molecule has 0 radical (unpaired) electrons. The second kappa shape index (κ2) is 5.36. The molecule has 0 saturated carbocycles. The fraction of sp³-hybridized carbons (Fsp3) is 0.133. The maximum atomic E-state index is 10.7. The molecule has 0 aliphatic rings. The molecule has 0 unspecified atom stereocenters. The number of hydrogen-bond acceptors (Lipinski definition) is 2. The van der Waals surface area contributed by atoms with Gasteiger partial charge >= 0.3 is 5.97 Å². The van der Waals surface area contributed by atoms with Gasteiger partial charge in [0.1, 0.15) is 0 Å². The third-order valence-corrected chi connectivity index (χ3v) is 2.76. The van der Waals surface area contributed by atoms with E-state index in [1.165, 1.54) is 5.56 Å². The minimum Gasteiger partial charge on any atom is -0.478 e. The number of carboxylic acid groups (broad SMARTS) is 1. The van der Waals surface area contributed by atoms with Gasteiger partial charge in [0.25, 0.3) is 0 Å². The van der Waals surface area contributed by atoms with Crippen molar-refractivity contribution >= 4 is 17.3 Å². The molecular weight excluding hydrogens is 226 g/mol. The first-order valence-corrected chi connectivity index (χ1v) is 5.88. The normalized spacial score (nSPS) is 10.1. The maximum Gasteiger partial charge on any atom is 0.335 e. The van der Waals surface area contributed by atoms with Gasteiger partial charge in [0, 0.05) is 11.4 Å². The summed E-state index contributed by atoms with van der Waals surface area (Å²) >= 11 is 0. The van der Waals surface area contributed by atoms with Crippen molar-refractivity contribution in [2.24, 2.45) is 0 Å². The molecule has 0 aliphatic carbocycles. The first-order chi connectivity index (χ1) is 8.69. The van der Waals surface area contributed by atoms with E-state index >= 15 is 0 Å². The molecule has 0 spiro atoms. The zero-order valence-corrected chi connectivity index (χ0v) is 10.2. The minimum absolute atomic E-state index is 0.294. The lowest BCUT2D eigenvalue weighted by Gasteiger charge is -2.08. The second-order valence-corrected chi connectivity index (χ2v) is 4.06. The van der Waals surface area contributed by atoms with Crippen molar-refractivity contribution < 1.29 is 9.90 Å². The highest BCUT2D eigenvalue weighted by atomic mass is 16.4. The fourth-order valence-electron chi connectivity index (χ4n) is 1.73. The van der Waals surface area contributed by atoms with Crippen LogP contribution in [-0.4, -0.2) is 11.1 Å². The van der Waals surface area contributed by atoms with Gasteiger partial charge in [0.05, 0.1) is 5.56 Å². The number of hydrogen-bond donors (Lipinski definition) is 2. The van der Waals surface area contributed by atoms with Crippen molar-refractivity contribution in [3.8, 4) is 0 Å². The predicted molar refractivity (Wildman–Crippen MR) is 72.5 cm³/mol. The van der Waals surface area contributed by atoms with Gasteiger partial charge in [0.15, 0.2) is 0 Å². The van der Waals surface area contributed by atoms with E-state index in [1.807, 2.05) is 12.1 Å². The van der Waals surface area contributed by atoms with Crippen LogP contribution in [0.25, 0.3) is 0 Å². The Balaban J connectivity index is 2.15. The molecule has 92 valence electrons. The molecule has 0 atom stereocenters. The summed E-state index contributed by atoms with van der Waals surface area (Å²) in [6.07, 6.45) is 0.994. The smallest absolute Gasteiger partial charge is 0.335 e. The van der Waals surface area contributed by atoms with E-state index in [9.17, 15) is 4.79 Å². The Hall–Kier alpha value is -2.29. The molecular formula is C15H15NO2. The molecule has 0 bridgehead atoms. The zero-order chi connectivity index (χ0) is 13.0. The van der Waals surface area contributed by atoms with Crippen LogP contribution in [0.2, 0.25) is 0 Å². The zero-order valence-electron chi connectivity index (χ0n) is 10.2. The van der Waals surface area contributed by atoms with E-state index in [0.29, 0.717) is 5.56 Å². The summed E-state index contributed by atoms with van der Waals surface area (Å²) in [4.78, 5) is 10.7. The van der Waals surface area contributed by atoms with E-state index in [-0.39, 0.29) is 0 Å². The van der Waals surface area contributed by atoms with Crippen molar-refractivity contribution in [2.75, 3.05) is 5.32 Å². The number of aryl methyl sites for hydroxylation is 1. The molecule has 2 N–H and O–H groups in total. The van der Waals surface area contributed by atoms with Crippen LogP contribution in [0.5, 0.6) is 0 Å². The Morgan fingerprint density at radius 3 is 2.44 bits per heavy atom. The summed E-state index contributed by atoms with van der Waals surface area (Å²) in [6, 6.07) is 14.9. The third kappa shape index (κ3) is 2.88. The largest absolute Gasteiger partial charge is 0.478 e. The molecule has 0 fully saturated rings. The fourth-order valence-corrected chi connectivity index (χ4v) is 1.73. The first kappa shape index (κ1) is 12.2. The molecule has 2 aromatic rings. The van der Waals surface area contributed by atoms with Gasteiger partial charge in [-0.15, -0.1) is 0 Å². The number of carboxylic acids is 1. The molecule has 3 nitrogen and oxygen atoms in total. The molecule has 0 aromatic heterocycles. The van der Waals surface area contributed by atoms with Gasteiger partial charge < -0.3 is 10.4 Å². The molecule has 2 aromatic carbocycles. The lowest BCUT2D eigenvalue weighted by molar-refractivity contribution is 0.0697. The minimum atomic E-state index is -0.908. The average Bonchev–Trinajstić information content (AvgIpc) is 2.39. The Morgan fingerprint density at radius 2 is 1.83 bits per heavy atom. The lowest BCUT2D eigenvalue weighted by atomic mass is 10.1. The standard InChI is InChI=1S/C15H15NO2/c1-2-11-4-3-5-14(10-11)16-13-8-6-12(7-9-13)15(17)18/h3-10,16H,2H2,1H3,(H,17,18). The Kier molecular flexibility index (Phi) is 3.63. The van der Waals surface area contributed by atoms with Crippen LogP contribution < -0.4 is 5.32 Å². The summed E-state index contributed by atoms with van der Waals surface area (Å²) in [5, 5.41) is 12.1. The summed E-state index contributed by atoms with van der Waals surface area (Å²) in [6.45, 7) is 2.11. The number of anilines is 2. The van der Waals surface area contributed by atoms with E-state index in [4.69, 9.17) is 5.11 Å². The quantitative estimate of drug-likeness (QED) is 0.858. The average molecular weight is 241 g/mol. The maximum absolute atomic E-state index is 10.7. The predicted octanol–water partition coefficient (Wildman–Crippen LogP) is 3.69. The van der Waals surface area contributed by atoms with Crippen LogP contribution >= 0.6 is 0 Å². The molecule has 3 heteroatoms. The van der Waals surface area contributed by atoms with Crippen LogP contribution in [-0.2, 0) is 6.42 Å².